The molecule has 0 aliphatic heterocycles. The smallest absolute Gasteiger partial charge is 0.336 e. The number of para-hydroxylation sites is 1. The SMILES string of the molecule is CNC(=O)c1ccc2c(c1)nc(-c1cccc3cccnc13)n2[C@H](Cc1ccccc1)[C@H](O)C(=O)OC. The van der Waals surface area contributed by atoms with Crippen LogP contribution in [0.15, 0.2) is 85.1 Å². The number of benzene rings is 3. The minimum atomic E-state index is -1.47. The minimum Gasteiger partial charge on any atom is -0.467 e. The van der Waals surface area contributed by atoms with Crippen LogP contribution in [0.25, 0.3) is 33.3 Å². The highest BCUT2D eigenvalue weighted by Crippen LogP contribution is 2.35. The topological polar surface area (TPSA) is 106 Å². The number of carbonyl (C=O) groups excluding carboxylic acids is 2. The van der Waals surface area contributed by atoms with Crippen molar-refractivity contribution in [2.75, 3.05) is 14.2 Å². The number of methoxy groups -OCH3 is 1. The summed E-state index contributed by atoms with van der Waals surface area (Å²) in [4.78, 5) is 34.5. The van der Waals surface area contributed by atoms with Gasteiger partial charge in [0.05, 0.1) is 29.7 Å². The number of imidazole rings is 1. The maximum Gasteiger partial charge on any atom is 0.336 e. The normalized spacial score (nSPS) is 12.8. The summed E-state index contributed by atoms with van der Waals surface area (Å²) in [6, 6.07) is 23.7. The highest BCUT2D eigenvalue weighted by molar-refractivity contribution is 5.99. The molecule has 2 atom stereocenters. The predicted octanol–water partition coefficient (Wildman–Crippen LogP) is 3.93. The van der Waals surface area contributed by atoms with E-state index in [1.54, 1.807) is 31.4 Å². The number of hydrogen-bond acceptors (Lipinski definition) is 6. The Balaban J connectivity index is 1.80. The monoisotopic (exact) mass is 494 g/mol. The van der Waals surface area contributed by atoms with Crippen LogP contribution in [0.1, 0.15) is 22.0 Å². The van der Waals surface area contributed by atoms with Crippen molar-refractivity contribution in [1.82, 2.24) is 19.9 Å². The molecule has 5 rings (SSSR count). The lowest BCUT2D eigenvalue weighted by molar-refractivity contribution is -0.152. The van der Waals surface area contributed by atoms with Gasteiger partial charge in [0.15, 0.2) is 6.10 Å². The summed E-state index contributed by atoms with van der Waals surface area (Å²) in [7, 11) is 2.82. The molecular weight excluding hydrogens is 468 g/mol. The summed E-state index contributed by atoms with van der Waals surface area (Å²) in [5.74, 6) is -0.454. The second-order valence-corrected chi connectivity index (χ2v) is 8.69. The third-order valence-electron chi connectivity index (χ3n) is 6.48. The Bertz CT molecular complexity index is 1590. The lowest BCUT2D eigenvalue weighted by Gasteiger charge is -2.26. The molecule has 2 heterocycles. The van der Waals surface area contributed by atoms with Gasteiger partial charge in [0.25, 0.3) is 5.91 Å². The van der Waals surface area contributed by atoms with Crippen molar-refractivity contribution in [2.45, 2.75) is 18.6 Å². The van der Waals surface area contributed by atoms with E-state index in [0.717, 1.165) is 22.0 Å². The molecule has 0 radical (unpaired) electrons. The number of amides is 1. The van der Waals surface area contributed by atoms with Crippen LogP contribution in [-0.4, -0.2) is 51.8 Å². The molecular formula is C29H26N4O4. The fraction of sp³-hybridized carbons (Fsp3) is 0.172. The number of pyridine rings is 1. The van der Waals surface area contributed by atoms with Crippen molar-refractivity contribution in [3.63, 3.8) is 0 Å². The van der Waals surface area contributed by atoms with Crippen LogP contribution in [-0.2, 0) is 16.0 Å². The Morgan fingerprint density at radius 3 is 2.57 bits per heavy atom. The van der Waals surface area contributed by atoms with E-state index in [0.29, 0.717) is 28.8 Å². The third-order valence-corrected chi connectivity index (χ3v) is 6.48. The molecule has 37 heavy (non-hydrogen) atoms. The number of hydrogen-bond donors (Lipinski definition) is 2. The zero-order valence-corrected chi connectivity index (χ0v) is 20.5. The standard InChI is InChI=1S/C29H26N4O4/c1-30-28(35)20-13-14-23-22(17-20)32-27(21-12-6-10-19-11-7-15-31-25(19)21)33(23)24(26(34)29(36)37-2)16-18-8-4-3-5-9-18/h3-15,17,24,26,34H,16H2,1-2H3,(H,30,35)/t24-,26+/m1/s1. The Hall–Kier alpha value is -4.56. The van der Waals surface area contributed by atoms with Crippen molar-refractivity contribution in [1.29, 1.82) is 0 Å². The lowest BCUT2D eigenvalue weighted by atomic mass is 9.99. The number of esters is 1. The van der Waals surface area contributed by atoms with E-state index in [1.165, 1.54) is 7.11 Å². The molecule has 0 aliphatic rings. The van der Waals surface area contributed by atoms with Crippen molar-refractivity contribution in [3.8, 4) is 11.4 Å². The Morgan fingerprint density at radius 2 is 1.81 bits per heavy atom. The molecule has 5 aromatic rings. The molecule has 3 aromatic carbocycles. The number of aromatic nitrogens is 3. The average molecular weight is 495 g/mol. The van der Waals surface area contributed by atoms with Crippen molar-refractivity contribution < 1.29 is 19.4 Å². The Labute approximate surface area is 213 Å². The number of ether oxygens (including phenoxy) is 1. The lowest BCUT2D eigenvalue weighted by Crippen LogP contribution is -2.34. The van der Waals surface area contributed by atoms with Gasteiger partial charge in [-0.2, -0.15) is 0 Å². The summed E-state index contributed by atoms with van der Waals surface area (Å²) in [6.45, 7) is 0. The number of fused-ring (bicyclic) bond motifs is 2. The largest absolute Gasteiger partial charge is 0.467 e. The molecule has 0 fully saturated rings. The Kier molecular flexibility index (Phi) is 6.66. The van der Waals surface area contributed by atoms with Gasteiger partial charge in [-0.05, 0) is 42.3 Å². The van der Waals surface area contributed by atoms with Crippen LogP contribution in [0, 0.1) is 0 Å². The fourth-order valence-corrected chi connectivity index (χ4v) is 4.67. The van der Waals surface area contributed by atoms with Crippen LogP contribution in [0.5, 0.6) is 0 Å². The maximum absolute atomic E-state index is 12.6. The van der Waals surface area contributed by atoms with Crippen LogP contribution in [0.3, 0.4) is 0 Å². The second-order valence-electron chi connectivity index (χ2n) is 8.69. The predicted molar refractivity (Wildman–Crippen MR) is 141 cm³/mol. The van der Waals surface area contributed by atoms with E-state index in [1.807, 2.05) is 65.2 Å². The van der Waals surface area contributed by atoms with Gasteiger partial charge in [-0.3, -0.25) is 9.78 Å². The quantitative estimate of drug-likeness (QED) is 0.332. The fourth-order valence-electron chi connectivity index (χ4n) is 4.67. The first-order valence-electron chi connectivity index (χ1n) is 11.9. The molecule has 1 amide bonds. The summed E-state index contributed by atoms with van der Waals surface area (Å²) in [5, 5.41) is 14.8. The van der Waals surface area contributed by atoms with E-state index in [4.69, 9.17) is 9.72 Å². The molecule has 186 valence electrons. The number of carbonyl (C=O) groups is 2. The van der Waals surface area contributed by atoms with E-state index < -0.39 is 18.1 Å². The van der Waals surface area contributed by atoms with E-state index >= 15 is 0 Å². The maximum atomic E-state index is 12.6. The number of aliphatic hydroxyl groups excluding tert-OH is 1. The van der Waals surface area contributed by atoms with Crippen LogP contribution >= 0.6 is 0 Å². The molecule has 0 unspecified atom stereocenters. The van der Waals surface area contributed by atoms with Gasteiger partial charge in [0.2, 0.25) is 0 Å². The Morgan fingerprint density at radius 1 is 1.03 bits per heavy atom. The zero-order chi connectivity index (χ0) is 25.9. The van der Waals surface area contributed by atoms with Crippen LogP contribution in [0.4, 0.5) is 0 Å². The van der Waals surface area contributed by atoms with Gasteiger partial charge in [0.1, 0.15) is 5.82 Å². The van der Waals surface area contributed by atoms with Gasteiger partial charge in [0, 0.05) is 29.8 Å². The van der Waals surface area contributed by atoms with Crippen LogP contribution in [0.2, 0.25) is 0 Å². The number of nitrogens with one attached hydrogen (secondary N) is 1. The van der Waals surface area contributed by atoms with E-state index in [9.17, 15) is 14.7 Å². The van der Waals surface area contributed by atoms with Crippen molar-refractivity contribution in [2.24, 2.45) is 0 Å². The molecule has 0 saturated heterocycles. The first-order valence-corrected chi connectivity index (χ1v) is 11.9. The molecule has 8 heteroatoms. The van der Waals surface area contributed by atoms with Crippen LogP contribution < -0.4 is 5.32 Å². The molecule has 0 saturated carbocycles. The van der Waals surface area contributed by atoms with E-state index in [-0.39, 0.29) is 5.91 Å². The number of aliphatic hydroxyl groups is 1. The van der Waals surface area contributed by atoms with Crippen molar-refractivity contribution >= 4 is 33.8 Å². The first-order chi connectivity index (χ1) is 18.0. The molecule has 8 nitrogen and oxygen atoms in total. The van der Waals surface area contributed by atoms with Crippen molar-refractivity contribution in [3.05, 3.63) is 96.2 Å². The van der Waals surface area contributed by atoms with Gasteiger partial charge >= 0.3 is 5.97 Å². The molecule has 0 spiro atoms. The molecule has 0 aliphatic carbocycles. The molecule has 0 bridgehead atoms. The minimum absolute atomic E-state index is 0.236. The van der Waals surface area contributed by atoms with Gasteiger partial charge in [-0.25, -0.2) is 9.78 Å². The summed E-state index contributed by atoms with van der Waals surface area (Å²) in [6.07, 6.45) is 0.584. The van der Waals surface area contributed by atoms with E-state index in [2.05, 4.69) is 10.3 Å². The molecule has 2 N–H and O–H groups in total. The van der Waals surface area contributed by atoms with Gasteiger partial charge in [-0.15, -0.1) is 0 Å². The number of nitrogens with zero attached hydrogens (tertiary/aromatic N) is 3. The van der Waals surface area contributed by atoms with Gasteiger partial charge < -0.3 is 19.7 Å². The first kappa shape index (κ1) is 24.1. The zero-order valence-electron chi connectivity index (χ0n) is 20.5. The average Bonchev–Trinajstić information content (AvgIpc) is 3.33. The third kappa shape index (κ3) is 4.54. The summed E-state index contributed by atoms with van der Waals surface area (Å²) < 4.78 is 6.80. The second kappa shape index (κ2) is 10.2. The highest BCUT2D eigenvalue weighted by Gasteiger charge is 2.33. The number of rotatable bonds is 7. The molecule has 2 aromatic heterocycles. The summed E-state index contributed by atoms with van der Waals surface area (Å²) >= 11 is 0. The summed E-state index contributed by atoms with van der Waals surface area (Å²) in [5.41, 5.74) is 4.08. The van der Waals surface area contributed by atoms with Gasteiger partial charge in [-0.1, -0.05) is 48.5 Å². The highest BCUT2D eigenvalue weighted by atomic mass is 16.5.